The number of nitriles is 1. The van der Waals surface area contributed by atoms with Gasteiger partial charge in [0.25, 0.3) is 0 Å². The van der Waals surface area contributed by atoms with Crippen molar-refractivity contribution in [3.63, 3.8) is 0 Å². The van der Waals surface area contributed by atoms with E-state index >= 15 is 0 Å². The highest BCUT2D eigenvalue weighted by Gasteiger charge is 2.38. The molecule has 32 heavy (non-hydrogen) atoms. The van der Waals surface area contributed by atoms with Gasteiger partial charge in [-0.2, -0.15) is 14.0 Å². The lowest BCUT2D eigenvalue weighted by atomic mass is 9.73. The van der Waals surface area contributed by atoms with Gasteiger partial charge in [-0.1, -0.05) is 20.8 Å². The van der Waals surface area contributed by atoms with Crippen LogP contribution in [-0.2, 0) is 4.79 Å². The van der Waals surface area contributed by atoms with Crippen molar-refractivity contribution < 1.29 is 23.4 Å². The Hall–Kier alpha value is -2.50. The van der Waals surface area contributed by atoms with Gasteiger partial charge in [0, 0.05) is 34.4 Å². The molecular weight excluding hydrogens is 434 g/mol. The Morgan fingerprint density at radius 1 is 1.28 bits per heavy atom. The first-order chi connectivity index (χ1) is 15.0. The van der Waals surface area contributed by atoms with Gasteiger partial charge < -0.3 is 9.84 Å². The molecule has 5 nitrogen and oxygen atoms in total. The average Bonchev–Trinajstić information content (AvgIpc) is 3.22. The van der Waals surface area contributed by atoms with E-state index in [1.807, 2.05) is 25.1 Å². The molecule has 2 aromatic rings. The summed E-state index contributed by atoms with van der Waals surface area (Å²) in [7, 11) is 0. The number of benzene rings is 1. The first kappa shape index (κ1) is 24.1. The number of likely N-dealkylation sites (tertiary alicyclic amines) is 1. The second-order valence-corrected chi connectivity index (χ2v) is 10.5. The van der Waals surface area contributed by atoms with E-state index in [0.29, 0.717) is 24.1 Å². The summed E-state index contributed by atoms with van der Waals surface area (Å²) < 4.78 is 30.4. The Bertz CT molecular complexity index is 1010. The van der Waals surface area contributed by atoms with Gasteiger partial charge in [0.1, 0.15) is 5.75 Å². The summed E-state index contributed by atoms with van der Waals surface area (Å²) in [6.45, 7) is 6.77. The fourth-order valence-corrected chi connectivity index (χ4v) is 5.26. The zero-order valence-electron chi connectivity index (χ0n) is 18.6. The maximum Gasteiger partial charge on any atom is 0.387 e. The van der Waals surface area contributed by atoms with E-state index in [1.165, 1.54) is 23.5 Å². The van der Waals surface area contributed by atoms with Gasteiger partial charge in [0.2, 0.25) is 0 Å². The van der Waals surface area contributed by atoms with Gasteiger partial charge in [-0.15, -0.1) is 11.3 Å². The molecule has 0 aliphatic carbocycles. The van der Waals surface area contributed by atoms with Crippen LogP contribution < -0.4 is 4.74 Å². The number of thiophene rings is 1. The summed E-state index contributed by atoms with van der Waals surface area (Å²) in [4.78, 5) is 15.7. The predicted octanol–water partition coefficient (Wildman–Crippen LogP) is 6.02. The van der Waals surface area contributed by atoms with E-state index in [4.69, 9.17) is 0 Å². The number of rotatable bonds is 6. The fraction of sp³-hybridized carbons (Fsp3) is 0.500. The van der Waals surface area contributed by atoms with Crippen molar-refractivity contribution in [3.8, 4) is 22.3 Å². The number of ether oxygens (including phenoxy) is 1. The molecule has 1 aromatic heterocycles. The van der Waals surface area contributed by atoms with Crippen LogP contribution in [0.4, 0.5) is 8.78 Å². The van der Waals surface area contributed by atoms with Gasteiger partial charge in [0.05, 0.1) is 17.6 Å². The molecule has 1 N–H and O–H groups in total. The van der Waals surface area contributed by atoms with Crippen LogP contribution in [0.1, 0.15) is 50.6 Å². The van der Waals surface area contributed by atoms with Crippen molar-refractivity contribution in [2.75, 3.05) is 13.1 Å². The number of carboxylic acid groups (broad SMARTS) is 1. The third kappa shape index (κ3) is 5.45. The third-order valence-electron chi connectivity index (χ3n) is 6.23. The molecule has 3 atom stereocenters. The Morgan fingerprint density at radius 2 is 2.00 bits per heavy atom. The molecule has 0 radical (unpaired) electrons. The maximum absolute atomic E-state index is 12.9. The number of hydrogen-bond donors (Lipinski definition) is 1. The van der Waals surface area contributed by atoms with Crippen molar-refractivity contribution in [2.45, 2.75) is 46.8 Å². The first-order valence-corrected chi connectivity index (χ1v) is 11.4. The van der Waals surface area contributed by atoms with Gasteiger partial charge in [-0.05, 0) is 55.0 Å². The Labute approximate surface area is 191 Å². The monoisotopic (exact) mass is 462 g/mol. The normalized spacial score (nSPS) is 20.7. The molecule has 0 saturated carbocycles. The molecule has 1 aliphatic rings. The number of piperidine rings is 1. The lowest BCUT2D eigenvalue weighted by Crippen LogP contribution is -2.47. The van der Waals surface area contributed by atoms with E-state index in [0.717, 1.165) is 16.3 Å². The molecule has 1 aliphatic heterocycles. The van der Waals surface area contributed by atoms with E-state index in [-0.39, 0.29) is 23.1 Å². The molecule has 0 bridgehead atoms. The van der Waals surface area contributed by atoms with E-state index in [2.05, 4.69) is 30.4 Å². The fourth-order valence-electron chi connectivity index (χ4n) is 4.15. The highest BCUT2D eigenvalue weighted by atomic mass is 32.1. The molecule has 172 valence electrons. The summed E-state index contributed by atoms with van der Waals surface area (Å²) in [5.74, 6) is -0.923. The van der Waals surface area contributed by atoms with Gasteiger partial charge >= 0.3 is 12.6 Å². The quantitative estimate of drug-likeness (QED) is 0.568. The zero-order chi connectivity index (χ0) is 23.6. The minimum atomic E-state index is -2.96. The molecule has 0 amide bonds. The van der Waals surface area contributed by atoms with Crippen molar-refractivity contribution in [1.82, 2.24) is 4.90 Å². The van der Waals surface area contributed by atoms with Gasteiger partial charge in [-0.25, -0.2) is 0 Å². The van der Waals surface area contributed by atoms with Crippen LogP contribution in [0, 0.1) is 28.6 Å². The maximum atomic E-state index is 12.9. The minimum Gasteiger partial charge on any atom is -0.481 e. The van der Waals surface area contributed by atoms with Crippen molar-refractivity contribution in [3.05, 3.63) is 40.8 Å². The summed E-state index contributed by atoms with van der Waals surface area (Å²) in [5.41, 5.74) is 0.798. The highest BCUT2D eigenvalue weighted by Crippen LogP contribution is 2.42. The number of carbonyl (C=O) groups is 1. The molecule has 1 saturated heterocycles. The Morgan fingerprint density at radius 3 is 2.59 bits per heavy atom. The SMILES string of the molecule is CC(c1ccc(-c2cc(C#N)ccc2OC(F)F)s1)N1CC(C(C)(C)C)C[C@@H](C(=O)O)C1. The van der Waals surface area contributed by atoms with Crippen LogP contribution >= 0.6 is 11.3 Å². The molecule has 1 fully saturated rings. The molecule has 0 spiro atoms. The summed E-state index contributed by atoms with van der Waals surface area (Å²) in [6, 6.07) is 10.2. The number of alkyl halides is 2. The Balaban J connectivity index is 1.89. The van der Waals surface area contributed by atoms with Gasteiger partial charge in [0.15, 0.2) is 0 Å². The van der Waals surface area contributed by atoms with Crippen LogP contribution in [0.15, 0.2) is 30.3 Å². The van der Waals surface area contributed by atoms with Crippen molar-refractivity contribution in [1.29, 1.82) is 5.26 Å². The van der Waals surface area contributed by atoms with Crippen LogP contribution in [0.3, 0.4) is 0 Å². The number of aliphatic carboxylic acids is 1. The largest absolute Gasteiger partial charge is 0.481 e. The zero-order valence-corrected chi connectivity index (χ0v) is 19.5. The lowest BCUT2D eigenvalue weighted by molar-refractivity contribution is -0.145. The number of halogens is 2. The van der Waals surface area contributed by atoms with Crippen LogP contribution in [-0.4, -0.2) is 35.7 Å². The molecular formula is C24H28F2N2O3S. The number of hydrogen-bond acceptors (Lipinski definition) is 5. The molecule has 8 heteroatoms. The second-order valence-electron chi connectivity index (χ2n) is 9.37. The topological polar surface area (TPSA) is 73.6 Å². The van der Waals surface area contributed by atoms with Crippen LogP contribution in [0.25, 0.3) is 10.4 Å². The lowest BCUT2D eigenvalue weighted by Gasteiger charge is -2.44. The van der Waals surface area contributed by atoms with Crippen molar-refractivity contribution in [2.24, 2.45) is 17.3 Å². The predicted molar refractivity (Wildman–Crippen MR) is 120 cm³/mol. The third-order valence-corrected chi connectivity index (χ3v) is 7.52. The summed E-state index contributed by atoms with van der Waals surface area (Å²) >= 11 is 1.44. The Kier molecular flexibility index (Phi) is 7.21. The highest BCUT2D eigenvalue weighted by molar-refractivity contribution is 7.15. The first-order valence-electron chi connectivity index (χ1n) is 10.6. The van der Waals surface area contributed by atoms with Crippen LogP contribution in [0.5, 0.6) is 5.75 Å². The second kappa shape index (κ2) is 9.55. The molecule has 3 rings (SSSR count). The van der Waals surface area contributed by atoms with E-state index in [9.17, 15) is 23.9 Å². The molecule has 1 aromatic carbocycles. The van der Waals surface area contributed by atoms with E-state index < -0.39 is 18.5 Å². The number of nitrogens with zero attached hydrogens (tertiary/aromatic N) is 2. The van der Waals surface area contributed by atoms with Gasteiger partial charge in [-0.3, -0.25) is 9.69 Å². The van der Waals surface area contributed by atoms with Crippen molar-refractivity contribution >= 4 is 17.3 Å². The summed E-state index contributed by atoms with van der Waals surface area (Å²) in [6.07, 6.45) is 0.660. The van der Waals surface area contributed by atoms with E-state index in [1.54, 1.807) is 6.07 Å². The average molecular weight is 463 g/mol. The smallest absolute Gasteiger partial charge is 0.387 e. The minimum absolute atomic E-state index is 0.00799. The number of carboxylic acids is 1. The van der Waals surface area contributed by atoms with Crippen LogP contribution in [0.2, 0.25) is 0 Å². The summed E-state index contributed by atoms with van der Waals surface area (Å²) in [5, 5.41) is 18.9. The standard InChI is InChI=1S/C24H28F2N2O3S/c1-14(28-12-16(22(29)30)10-17(13-28)24(2,3)4)20-7-8-21(32-20)18-9-15(11-27)5-6-19(18)31-23(25)26/h5-9,14,16-17,23H,10,12-13H2,1-4H3,(H,29,30)/t14?,16-,17?/m1/s1. The molecule has 2 heterocycles. The molecule has 2 unspecified atom stereocenters.